The maximum Gasteiger partial charge on any atom is 0.321 e. The van der Waals surface area contributed by atoms with Crippen molar-refractivity contribution in [3.05, 3.63) is 33.8 Å². The van der Waals surface area contributed by atoms with E-state index in [2.05, 4.69) is 0 Å². The fourth-order valence-corrected chi connectivity index (χ4v) is 2.55. The standard InChI is InChI=1S/C10H11Cl2NO2S/c11-7-2-1-6(8(12)3-7)4-16-5-9(13)10(14)15/h1-3,9H,4-5,13H2,(H,14,15)/t9-/m0/s1. The van der Waals surface area contributed by atoms with Crippen LogP contribution in [0.5, 0.6) is 0 Å². The van der Waals surface area contributed by atoms with Gasteiger partial charge < -0.3 is 10.8 Å². The summed E-state index contributed by atoms with van der Waals surface area (Å²) < 4.78 is 0. The third kappa shape index (κ3) is 4.22. The first-order valence-corrected chi connectivity index (χ1v) is 6.42. The Labute approximate surface area is 108 Å². The lowest BCUT2D eigenvalue weighted by Gasteiger charge is -2.07. The van der Waals surface area contributed by atoms with Crippen LogP contribution in [-0.2, 0) is 10.5 Å². The minimum absolute atomic E-state index is 0.355. The Morgan fingerprint density at radius 1 is 1.50 bits per heavy atom. The maximum absolute atomic E-state index is 10.5. The number of benzene rings is 1. The highest BCUT2D eigenvalue weighted by Crippen LogP contribution is 2.24. The first-order valence-electron chi connectivity index (χ1n) is 4.50. The van der Waals surface area contributed by atoms with Crippen molar-refractivity contribution in [2.24, 2.45) is 5.73 Å². The Balaban J connectivity index is 2.46. The lowest BCUT2D eigenvalue weighted by atomic mass is 10.2. The van der Waals surface area contributed by atoms with Gasteiger partial charge in [-0.2, -0.15) is 11.8 Å². The number of carboxylic acid groups (broad SMARTS) is 1. The van der Waals surface area contributed by atoms with Crippen molar-refractivity contribution in [1.29, 1.82) is 0 Å². The molecule has 0 aliphatic carbocycles. The van der Waals surface area contributed by atoms with Crippen LogP contribution in [-0.4, -0.2) is 22.9 Å². The van der Waals surface area contributed by atoms with Gasteiger partial charge in [-0.3, -0.25) is 4.79 Å². The van der Waals surface area contributed by atoms with E-state index in [0.717, 1.165) is 5.56 Å². The molecule has 0 aromatic heterocycles. The summed E-state index contributed by atoms with van der Waals surface area (Å²) in [5, 5.41) is 9.76. The summed E-state index contributed by atoms with van der Waals surface area (Å²) in [6.45, 7) is 0. The predicted octanol–water partition coefficient (Wildman–Crippen LogP) is 2.64. The summed E-state index contributed by atoms with van der Waals surface area (Å²) in [6.07, 6.45) is 0. The summed E-state index contributed by atoms with van der Waals surface area (Å²) in [6, 6.07) is 4.40. The van der Waals surface area contributed by atoms with Crippen LogP contribution in [0.3, 0.4) is 0 Å². The van der Waals surface area contributed by atoms with Crippen LogP contribution < -0.4 is 5.73 Å². The van der Waals surface area contributed by atoms with Gasteiger partial charge in [0.05, 0.1) is 0 Å². The number of carbonyl (C=O) groups is 1. The minimum Gasteiger partial charge on any atom is -0.480 e. The van der Waals surface area contributed by atoms with Crippen LogP contribution in [0.2, 0.25) is 10.0 Å². The van der Waals surface area contributed by atoms with E-state index in [-0.39, 0.29) is 0 Å². The number of carboxylic acids is 1. The summed E-state index contributed by atoms with van der Waals surface area (Å²) in [5.74, 6) is -0.0136. The molecule has 0 aliphatic rings. The molecule has 16 heavy (non-hydrogen) atoms. The molecule has 3 nitrogen and oxygen atoms in total. The third-order valence-electron chi connectivity index (χ3n) is 1.89. The van der Waals surface area contributed by atoms with Crippen molar-refractivity contribution in [3.8, 4) is 0 Å². The molecule has 0 radical (unpaired) electrons. The fraction of sp³-hybridized carbons (Fsp3) is 0.300. The molecule has 0 saturated carbocycles. The molecule has 3 N–H and O–H groups in total. The van der Waals surface area contributed by atoms with Gasteiger partial charge in [0.1, 0.15) is 6.04 Å². The van der Waals surface area contributed by atoms with Gasteiger partial charge in [-0.15, -0.1) is 0 Å². The van der Waals surface area contributed by atoms with Crippen molar-refractivity contribution < 1.29 is 9.90 Å². The quantitative estimate of drug-likeness (QED) is 0.870. The lowest BCUT2D eigenvalue weighted by Crippen LogP contribution is -2.32. The van der Waals surface area contributed by atoms with Gasteiger partial charge in [-0.25, -0.2) is 0 Å². The van der Waals surface area contributed by atoms with Crippen LogP contribution >= 0.6 is 35.0 Å². The molecule has 1 aromatic rings. The Morgan fingerprint density at radius 3 is 2.75 bits per heavy atom. The van der Waals surface area contributed by atoms with Crippen molar-refractivity contribution in [2.75, 3.05) is 5.75 Å². The summed E-state index contributed by atoms with van der Waals surface area (Å²) in [4.78, 5) is 10.5. The number of hydrogen-bond donors (Lipinski definition) is 2. The van der Waals surface area contributed by atoms with Gasteiger partial charge >= 0.3 is 5.97 Å². The van der Waals surface area contributed by atoms with E-state index in [1.54, 1.807) is 12.1 Å². The van der Waals surface area contributed by atoms with Gasteiger partial charge in [-0.05, 0) is 17.7 Å². The van der Waals surface area contributed by atoms with E-state index in [1.807, 2.05) is 6.07 Å². The summed E-state index contributed by atoms with van der Waals surface area (Å²) in [7, 11) is 0. The molecule has 0 spiro atoms. The number of rotatable bonds is 5. The van der Waals surface area contributed by atoms with Crippen LogP contribution in [0.4, 0.5) is 0 Å². The molecule has 0 unspecified atom stereocenters. The van der Waals surface area contributed by atoms with Crippen molar-refractivity contribution >= 4 is 40.9 Å². The molecular formula is C10H11Cl2NO2S. The van der Waals surface area contributed by atoms with Crippen LogP contribution in [0, 0.1) is 0 Å². The molecule has 0 heterocycles. The maximum atomic E-state index is 10.5. The third-order valence-corrected chi connectivity index (χ3v) is 3.58. The second kappa shape index (κ2) is 6.35. The first-order chi connectivity index (χ1) is 7.50. The molecule has 1 rings (SSSR count). The highest BCUT2D eigenvalue weighted by Gasteiger charge is 2.11. The normalized spacial score (nSPS) is 12.4. The predicted molar refractivity (Wildman–Crippen MR) is 68.2 cm³/mol. The molecule has 0 aliphatic heterocycles. The van der Waals surface area contributed by atoms with E-state index >= 15 is 0 Å². The van der Waals surface area contributed by atoms with Crippen molar-refractivity contribution in [2.45, 2.75) is 11.8 Å². The van der Waals surface area contributed by atoms with E-state index < -0.39 is 12.0 Å². The highest BCUT2D eigenvalue weighted by molar-refractivity contribution is 7.98. The van der Waals surface area contributed by atoms with Crippen molar-refractivity contribution in [1.82, 2.24) is 0 Å². The van der Waals surface area contributed by atoms with Gasteiger partial charge in [-0.1, -0.05) is 29.3 Å². The molecule has 0 amide bonds. The SMILES string of the molecule is N[C@@H](CSCc1ccc(Cl)cc1Cl)C(=O)O. The zero-order chi connectivity index (χ0) is 12.1. The van der Waals surface area contributed by atoms with Gasteiger partial charge in [0.15, 0.2) is 0 Å². The average molecular weight is 280 g/mol. The topological polar surface area (TPSA) is 63.3 Å². The Kier molecular flexibility index (Phi) is 5.41. The smallest absolute Gasteiger partial charge is 0.321 e. The molecule has 6 heteroatoms. The molecule has 0 fully saturated rings. The second-order valence-electron chi connectivity index (χ2n) is 3.20. The first kappa shape index (κ1) is 13.6. The van der Waals surface area contributed by atoms with E-state index in [1.165, 1.54) is 11.8 Å². The van der Waals surface area contributed by atoms with Crippen molar-refractivity contribution in [3.63, 3.8) is 0 Å². The monoisotopic (exact) mass is 279 g/mol. The Morgan fingerprint density at radius 2 is 2.19 bits per heavy atom. The Bertz CT molecular complexity index is 387. The summed E-state index contributed by atoms with van der Waals surface area (Å²) in [5.41, 5.74) is 6.29. The number of nitrogens with two attached hydrogens (primary N) is 1. The lowest BCUT2D eigenvalue weighted by molar-refractivity contribution is -0.137. The average Bonchev–Trinajstić information content (AvgIpc) is 2.20. The van der Waals surface area contributed by atoms with E-state index in [4.69, 9.17) is 34.0 Å². The number of thioether (sulfide) groups is 1. The minimum atomic E-state index is -0.991. The summed E-state index contributed by atoms with van der Waals surface area (Å²) >= 11 is 13.1. The molecule has 0 saturated heterocycles. The zero-order valence-electron chi connectivity index (χ0n) is 8.32. The molecule has 0 bridgehead atoms. The molecule has 1 aromatic carbocycles. The largest absolute Gasteiger partial charge is 0.480 e. The number of halogens is 2. The van der Waals surface area contributed by atoms with Gasteiger partial charge in [0.2, 0.25) is 0 Å². The molecular weight excluding hydrogens is 269 g/mol. The number of aliphatic carboxylic acids is 1. The zero-order valence-corrected chi connectivity index (χ0v) is 10.6. The second-order valence-corrected chi connectivity index (χ2v) is 5.07. The van der Waals surface area contributed by atoms with Crippen LogP contribution in [0.1, 0.15) is 5.56 Å². The molecule has 1 atom stereocenters. The van der Waals surface area contributed by atoms with Gasteiger partial charge in [0.25, 0.3) is 0 Å². The Hall–Kier alpha value is -0.420. The molecule has 88 valence electrons. The van der Waals surface area contributed by atoms with Gasteiger partial charge in [0, 0.05) is 21.6 Å². The number of hydrogen-bond acceptors (Lipinski definition) is 3. The highest BCUT2D eigenvalue weighted by atomic mass is 35.5. The van der Waals surface area contributed by atoms with E-state index in [0.29, 0.717) is 21.6 Å². The van der Waals surface area contributed by atoms with Crippen LogP contribution in [0.15, 0.2) is 18.2 Å². The fourth-order valence-electron chi connectivity index (χ4n) is 1.01. The van der Waals surface area contributed by atoms with Crippen LogP contribution in [0.25, 0.3) is 0 Å². The van der Waals surface area contributed by atoms with E-state index in [9.17, 15) is 4.79 Å².